The Kier molecular flexibility index (Phi) is 2.77. The molecule has 1 fully saturated rings. The molecule has 1 atom stereocenters. The number of nitrogens with zero attached hydrogens (tertiary/aromatic N) is 1. The summed E-state index contributed by atoms with van der Waals surface area (Å²) in [4.78, 5) is 2.65. The van der Waals surface area contributed by atoms with Crippen LogP contribution in [-0.4, -0.2) is 62.2 Å². The van der Waals surface area contributed by atoms with Crippen LogP contribution in [-0.2, 0) is 0 Å². The summed E-state index contributed by atoms with van der Waals surface area (Å²) in [5.74, 6) is 0.664. The lowest BCUT2D eigenvalue weighted by atomic mass is 9.28. The first kappa shape index (κ1) is 12.4. The number of hydrogen-bond donors (Lipinski definition) is 0. The molecule has 0 bridgehead atoms. The highest BCUT2D eigenvalue weighted by atomic mass is 15.2. The van der Waals surface area contributed by atoms with E-state index >= 15 is 0 Å². The van der Waals surface area contributed by atoms with Gasteiger partial charge in [0, 0.05) is 5.54 Å². The minimum atomic E-state index is 0.296. The number of likely N-dealkylation sites (tertiary alicyclic amines) is 1. The molecular weight excluding hydrogens is 164 g/mol. The van der Waals surface area contributed by atoms with Gasteiger partial charge in [-0.2, -0.15) is 0 Å². The first-order chi connectivity index (χ1) is 6.00. The Labute approximate surface area is 93.8 Å². The van der Waals surface area contributed by atoms with Crippen molar-refractivity contribution in [3.05, 3.63) is 0 Å². The monoisotopic (exact) mass is 187 g/mol. The van der Waals surface area contributed by atoms with Crippen LogP contribution in [0, 0.1) is 0 Å². The maximum absolute atomic E-state index is 2.65. The van der Waals surface area contributed by atoms with E-state index in [0.717, 1.165) is 0 Å². The first-order valence-electron chi connectivity index (χ1n) is 5.77. The molecule has 1 aliphatic heterocycles. The molecule has 6 heteroatoms. The van der Waals surface area contributed by atoms with Gasteiger partial charge in [0.2, 0.25) is 0 Å². The van der Waals surface area contributed by atoms with Gasteiger partial charge in [-0.25, -0.2) is 0 Å². The van der Waals surface area contributed by atoms with Crippen LogP contribution in [0.4, 0.5) is 0 Å². The van der Waals surface area contributed by atoms with E-state index in [1.165, 1.54) is 6.54 Å². The lowest BCUT2D eigenvalue weighted by molar-refractivity contribution is 0.154. The smallest absolute Gasteiger partial charge is 0.122 e. The first-order valence-corrected chi connectivity index (χ1v) is 5.77. The van der Waals surface area contributed by atoms with Gasteiger partial charge in [0.05, 0.1) is 31.4 Å². The Morgan fingerprint density at radius 2 is 1.57 bits per heavy atom. The SMILES string of the molecule is BC1N(C(C)(C)C)CC(B)(B)C1(B)B. The van der Waals surface area contributed by atoms with Crippen LogP contribution >= 0.6 is 0 Å². The summed E-state index contributed by atoms with van der Waals surface area (Å²) in [6.07, 6.45) is 0. The van der Waals surface area contributed by atoms with Crippen molar-refractivity contribution in [1.82, 2.24) is 4.90 Å². The molecule has 0 spiro atoms. The molecule has 0 aromatic heterocycles. The van der Waals surface area contributed by atoms with Crippen molar-refractivity contribution >= 4 is 39.2 Å². The zero-order valence-corrected chi connectivity index (χ0v) is 11.2. The number of hydrogen-bond acceptors (Lipinski definition) is 1. The molecular formula is C8H22B5N. The third kappa shape index (κ3) is 1.71. The summed E-state index contributed by atoms with van der Waals surface area (Å²) >= 11 is 0. The van der Waals surface area contributed by atoms with E-state index in [1.54, 1.807) is 0 Å². The number of rotatable bonds is 0. The second kappa shape index (κ2) is 3.14. The van der Waals surface area contributed by atoms with E-state index < -0.39 is 0 Å². The predicted molar refractivity (Wildman–Crippen MR) is 78.4 cm³/mol. The van der Waals surface area contributed by atoms with Gasteiger partial charge in [0.15, 0.2) is 0 Å². The highest BCUT2D eigenvalue weighted by Gasteiger charge is 2.51. The van der Waals surface area contributed by atoms with Crippen LogP contribution in [0.3, 0.4) is 0 Å². The molecule has 0 aliphatic carbocycles. The predicted octanol–water partition coefficient (Wildman–Crippen LogP) is -3.18. The zero-order chi connectivity index (χ0) is 11.4. The van der Waals surface area contributed by atoms with E-state index in [4.69, 9.17) is 0 Å². The summed E-state index contributed by atoms with van der Waals surface area (Å²) in [6, 6.07) is 0. The molecule has 0 amide bonds. The molecule has 0 N–H and O–H groups in total. The zero-order valence-electron chi connectivity index (χ0n) is 11.2. The fraction of sp³-hybridized carbons (Fsp3) is 1.00. The van der Waals surface area contributed by atoms with Crippen molar-refractivity contribution in [3.63, 3.8) is 0 Å². The van der Waals surface area contributed by atoms with Crippen molar-refractivity contribution in [1.29, 1.82) is 0 Å². The van der Waals surface area contributed by atoms with Gasteiger partial charge in [0.25, 0.3) is 0 Å². The average Bonchev–Trinajstić information content (AvgIpc) is 2.09. The highest BCUT2D eigenvalue weighted by molar-refractivity contribution is 6.57. The average molecular weight is 186 g/mol. The van der Waals surface area contributed by atoms with Crippen molar-refractivity contribution in [2.24, 2.45) is 0 Å². The second-order valence-electron chi connectivity index (χ2n) is 7.08. The van der Waals surface area contributed by atoms with Gasteiger partial charge in [-0.15, -0.1) is 0 Å². The van der Waals surface area contributed by atoms with E-state index in [9.17, 15) is 0 Å². The van der Waals surface area contributed by atoms with Crippen molar-refractivity contribution in [3.8, 4) is 0 Å². The molecule has 1 nitrogen and oxygen atoms in total. The molecule has 14 heavy (non-hydrogen) atoms. The molecule has 1 aliphatic rings. The Balaban J connectivity index is 3.01. The van der Waals surface area contributed by atoms with Gasteiger partial charge in [-0.1, -0.05) is 10.4 Å². The normalized spacial score (nSPS) is 31.8. The molecule has 1 heterocycles. The minimum absolute atomic E-state index is 0.296. The Morgan fingerprint density at radius 1 is 1.14 bits per heavy atom. The molecule has 0 radical (unpaired) electrons. The molecule has 0 saturated carbocycles. The van der Waals surface area contributed by atoms with Gasteiger partial charge >= 0.3 is 0 Å². The van der Waals surface area contributed by atoms with Gasteiger partial charge < -0.3 is 4.90 Å². The Bertz CT molecular complexity index is 232. The van der Waals surface area contributed by atoms with Crippen LogP contribution in [0.15, 0.2) is 0 Å². The largest absolute Gasteiger partial charge is 0.305 e. The summed E-state index contributed by atoms with van der Waals surface area (Å²) in [7, 11) is 12.0. The molecule has 1 saturated heterocycles. The maximum Gasteiger partial charge on any atom is 0.122 e. The van der Waals surface area contributed by atoms with Crippen molar-refractivity contribution in [2.75, 3.05) is 6.54 Å². The van der Waals surface area contributed by atoms with Gasteiger partial charge in [0.1, 0.15) is 7.85 Å². The highest BCUT2D eigenvalue weighted by Crippen LogP contribution is 2.53. The Morgan fingerprint density at radius 3 is 1.71 bits per heavy atom. The summed E-state index contributed by atoms with van der Waals surface area (Å²) in [5, 5.41) is 0.819. The lowest BCUT2D eigenvalue weighted by Crippen LogP contribution is -2.47. The van der Waals surface area contributed by atoms with Crippen LogP contribution in [0.2, 0.25) is 10.4 Å². The summed E-state index contributed by atoms with van der Waals surface area (Å²) in [6.45, 7) is 8.17. The van der Waals surface area contributed by atoms with Gasteiger partial charge in [-0.3, -0.25) is 0 Å². The lowest BCUT2D eigenvalue weighted by Gasteiger charge is -2.40. The fourth-order valence-corrected chi connectivity index (χ4v) is 2.54. The molecule has 1 rings (SSSR count). The molecule has 0 aromatic carbocycles. The Hall–Kier alpha value is 0.285. The summed E-state index contributed by atoms with van der Waals surface area (Å²) < 4.78 is 0. The van der Waals surface area contributed by atoms with Crippen LogP contribution in [0.1, 0.15) is 20.8 Å². The van der Waals surface area contributed by atoms with Crippen molar-refractivity contribution < 1.29 is 0 Å². The minimum Gasteiger partial charge on any atom is -0.305 e. The van der Waals surface area contributed by atoms with Crippen LogP contribution < -0.4 is 0 Å². The second-order valence-corrected chi connectivity index (χ2v) is 7.08. The van der Waals surface area contributed by atoms with E-state index in [2.05, 4.69) is 64.9 Å². The van der Waals surface area contributed by atoms with Crippen LogP contribution in [0.5, 0.6) is 0 Å². The third-order valence-corrected chi connectivity index (χ3v) is 4.68. The molecule has 74 valence electrons. The molecule has 0 aromatic rings. The van der Waals surface area contributed by atoms with E-state index in [0.29, 0.717) is 21.9 Å². The fourth-order valence-electron chi connectivity index (χ4n) is 2.54. The topological polar surface area (TPSA) is 3.24 Å². The maximum atomic E-state index is 2.65. The quantitative estimate of drug-likeness (QED) is 0.361. The summed E-state index contributed by atoms with van der Waals surface area (Å²) in [5.41, 5.74) is 0.296. The van der Waals surface area contributed by atoms with E-state index in [-0.39, 0.29) is 0 Å². The molecule has 1 unspecified atom stereocenters. The standard InChI is InChI=1S/C8H22B5N/c1-6(2,3)14-4-7(10,11)8(12,13)5(14)9/h5H,4,9-13H2,1-3H3. The van der Waals surface area contributed by atoms with Crippen LogP contribution in [0.25, 0.3) is 0 Å². The third-order valence-electron chi connectivity index (χ3n) is 4.68. The van der Waals surface area contributed by atoms with E-state index in [1.807, 2.05) is 0 Å². The van der Waals surface area contributed by atoms with Gasteiger partial charge in [-0.05, 0) is 33.3 Å². The van der Waals surface area contributed by atoms with Crippen molar-refractivity contribution in [2.45, 2.75) is 42.7 Å².